The predicted molar refractivity (Wildman–Crippen MR) is 86.4 cm³/mol. The normalized spacial score (nSPS) is 27.2. The molecule has 2 heterocycles. The van der Waals surface area contributed by atoms with Crippen LogP contribution in [0.1, 0.15) is 38.4 Å². The lowest BCUT2D eigenvalue weighted by atomic mass is 9.91. The largest absolute Gasteiger partial charge is 0.490 e. The molecule has 0 aliphatic carbocycles. The number of rotatable bonds is 3. The lowest BCUT2D eigenvalue weighted by Crippen LogP contribution is -2.40. The molecule has 1 aromatic rings. The van der Waals surface area contributed by atoms with Crippen molar-refractivity contribution in [2.45, 2.75) is 32.8 Å². The summed E-state index contributed by atoms with van der Waals surface area (Å²) in [6, 6.07) is 5.80. The van der Waals surface area contributed by atoms with Crippen molar-refractivity contribution in [1.29, 1.82) is 0 Å². The van der Waals surface area contributed by atoms with Crippen LogP contribution in [-0.4, -0.2) is 42.9 Å². The van der Waals surface area contributed by atoms with E-state index in [1.54, 1.807) is 0 Å². The first kappa shape index (κ1) is 15.6. The first-order valence-corrected chi connectivity index (χ1v) is 8.42. The summed E-state index contributed by atoms with van der Waals surface area (Å²) in [6.07, 6.45) is 1.71. The third kappa shape index (κ3) is 3.73. The van der Waals surface area contributed by atoms with E-state index in [1.165, 1.54) is 6.42 Å². The zero-order chi connectivity index (χ0) is 15.5. The van der Waals surface area contributed by atoms with E-state index in [9.17, 15) is 5.11 Å². The molecule has 0 amide bonds. The number of β-amino-alcohol motifs (C(OH)–C–C–N with tert-alkyl or cyclic N) is 1. The van der Waals surface area contributed by atoms with E-state index in [2.05, 4.69) is 18.7 Å². The standard InChI is InChI=1S/C18H27NO3/c1-13-8-14(2)11-19(10-13)12-16(20)15-4-5-17-18(9-15)22-7-3-6-21-17/h4-5,9,13-14,16,20H,3,6-8,10-12H2,1-2H3. The maximum atomic E-state index is 10.6. The molecule has 0 spiro atoms. The Morgan fingerprint density at radius 2 is 1.82 bits per heavy atom. The minimum atomic E-state index is -0.477. The molecule has 1 fully saturated rings. The number of fused-ring (bicyclic) bond motifs is 1. The van der Waals surface area contributed by atoms with Crippen LogP contribution in [0.4, 0.5) is 0 Å². The van der Waals surface area contributed by atoms with Crippen molar-refractivity contribution >= 4 is 0 Å². The molecule has 0 radical (unpaired) electrons. The smallest absolute Gasteiger partial charge is 0.161 e. The molecule has 3 rings (SSSR count). The number of nitrogens with zero attached hydrogens (tertiary/aromatic N) is 1. The highest BCUT2D eigenvalue weighted by molar-refractivity contribution is 5.44. The molecule has 0 bridgehead atoms. The van der Waals surface area contributed by atoms with Crippen molar-refractivity contribution in [2.75, 3.05) is 32.8 Å². The Morgan fingerprint density at radius 1 is 1.14 bits per heavy atom. The fourth-order valence-electron chi connectivity index (χ4n) is 3.68. The second-order valence-electron chi connectivity index (χ2n) is 6.94. The molecule has 3 atom stereocenters. The highest BCUT2D eigenvalue weighted by Crippen LogP contribution is 2.33. The van der Waals surface area contributed by atoms with Gasteiger partial charge in [0, 0.05) is 26.1 Å². The van der Waals surface area contributed by atoms with Crippen molar-refractivity contribution in [3.05, 3.63) is 23.8 Å². The van der Waals surface area contributed by atoms with Crippen LogP contribution in [0.5, 0.6) is 11.5 Å². The third-order valence-corrected chi connectivity index (χ3v) is 4.53. The Bertz CT molecular complexity index is 495. The van der Waals surface area contributed by atoms with Gasteiger partial charge in [-0.15, -0.1) is 0 Å². The minimum Gasteiger partial charge on any atom is -0.490 e. The molecular formula is C18H27NO3. The van der Waals surface area contributed by atoms with Gasteiger partial charge >= 0.3 is 0 Å². The SMILES string of the molecule is CC1CC(C)CN(CC(O)c2ccc3c(c2)OCCCO3)C1. The highest BCUT2D eigenvalue weighted by atomic mass is 16.5. The van der Waals surface area contributed by atoms with Crippen LogP contribution >= 0.6 is 0 Å². The van der Waals surface area contributed by atoms with Crippen LogP contribution in [0.2, 0.25) is 0 Å². The average Bonchev–Trinajstić information content (AvgIpc) is 2.70. The van der Waals surface area contributed by atoms with Gasteiger partial charge in [-0.05, 0) is 36.0 Å². The van der Waals surface area contributed by atoms with Gasteiger partial charge < -0.3 is 14.6 Å². The molecule has 3 unspecified atom stereocenters. The first-order chi connectivity index (χ1) is 10.6. The molecule has 0 aromatic heterocycles. The molecule has 1 aromatic carbocycles. The molecule has 4 nitrogen and oxygen atoms in total. The molecule has 2 aliphatic rings. The molecule has 1 saturated heterocycles. The number of piperidine rings is 1. The summed E-state index contributed by atoms with van der Waals surface area (Å²) < 4.78 is 11.4. The maximum absolute atomic E-state index is 10.6. The summed E-state index contributed by atoms with van der Waals surface area (Å²) in [7, 11) is 0. The summed E-state index contributed by atoms with van der Waals surface area (Å²) in [4.78, 5) is 2.38. The Hall–Kier alpha value is -1.26. The van der Waals surface area contributed by atoms with Crippen LogP contribution in [0.15, 0.2) is 18.2 Å². The molecule has 4 heteroatoms. The summed E-state index contributed by atoms with van der Waals surface area (Å²) >= 11 is 0. The quantitative estimate of drug-likeness (QED) is 0.932. The number of ether oxygens (including phenoxy) is 2. The lowest BCUT2D eigenvalue weighted by molar-refractivity contribution is 0.0698. The van der Waals surface area contributed by atoms with E-state index in [1.807, 2.05) is 18.2 Å². The Kier molecular flexibility index (Phi) is 4.89. The summed E-state index contributed by atoms with van der Waals surface area (Å²) in [5.41, 5.74) is 0.912. The zero-order valence-electron chi connectivity index (χ0n) is 13.6. The second-order valence-corrected chi connectivity index (χ2v) is 6.94. The van der Waals surface area contributed by atoms with Gasteiger partial charge in [0.15, 0.2) is 11.5 Å². The van der Waals surface area contributed by atoms with Gasteiger partial charge in [0.05, 0.1) is 19.3 Å². The Morgan fingerprint density at radius 3 is 2.55 bits per heavy atom. The Labute approximate surface area is 133 Å². The molecular weight excluding hydrogens is 278 g/mol. The van der Waals surface area contributed by atoms with E-state index in [-0.39, 0.29) is 0 Å². The van der Waals surface area contributed by atoms with Crippen molar-refractivity contribution in [3.63, 3.8) is 0 Å². The number of hydrogen-bond acceptors (Lipinski definition) is 4. The van der Waals surface area contributed by atoms with E-state index >= 15 is 0 Å². The van der Waals surface area contributed by atoms with Crippen molar-refractivity contribution in [1.82, 2.24) is 4.90 Å². The van der Waals surface area contributed by atoms with Gasteiger partial charge in [0.2, 0.25) is 0 Å². The summed E-state index contributed by atoms with van der Waals surface area (Å²) in [5, 5.41) is 10.6. The minimum absolute atomic E-state index is 0.477. The van der Waals surface area contributed by atoms with Gasteiger partial charge in [-0.1, -0.05) is 19.9 Å². The number of likely N-dealkylation sites (tertiary alicyclic amines) is 1. The first-order valence-electron chi connectivity index (χ1n) is 8.42. The number of aliphatic hydroxyl groups is 1. The third-order valence-electron chi connectivity index (χ3n) is 4.53. The van der Waals surface area contributed by atoms with Crippen LogP contribution in [-0.2, 0) is 0 Å². The monoisotopic (exact) mass is 305 g/mol. The Balaban J connectivity index is 1.67. The van der Waals surface area contributed by atoms with Gasteiger partial charge in [-0.25, -0.2) is 0 Å². The van der Waals surface area contributed by atoms with Crippen LogP contribution in [0.3, 0.4) is 0 Å². The average molecular weight is 305 g/mol. The van der Waals surface area contributed by atoms with E-state index in [0.717, 1.165) is 36.6 Å². The van der Waals surface area contributed by atoms with E-state index in [4.69, 9.17) is 9.47 Å². The van der Waals surface area contributed by atoms with Crippen molar-refractivity contribution in [3.8, 4) is 11.5 Å². The van der Waals surface area contributed by atoms with Gasteiger partial charge in [-0.2, -0.15) is 0 Å². The van der Waals surface area contributed by atoms with Crippen LogP contribution in [0, 0.1) is 11.8 Å². The number of aliphatic hydroxyl groups excluding tert-OH is 1. The van der Waals surface area contributed by atoms with Gasteiger partial charge in [0.25, 0.3) is 0 Å². The predicted octanol–water partition coefficient (Wildman–Crippen LogP) is 2.86. The molecule has 22 heavy (non-hydrogen) atoms. The topological polar surface area (TPSA) is 41.9 Å². The number of hydrogen-bond donors (Lipinski definition) is 1. The van der Waals surface area contributed by atoms with Gasteiger partial charge in [-0.3, -0.25) is 4.90 Å². The van der Waals surface area contributed by atoms with Gasteiger partial charge in [0.1, 0.15) is 0 Å². The molecule has 1 N–H and O–H groups in total. The van der Waals surface area contributed by atoms with E-state index in [0.29, 0.717) is 31.6 Å². The fourth-order valence-corrected chi connectivity index (χ4v) is 3.68. The van der Waals surface area contributed by atoms with Crippen molar-refractivity contribution in [2.24, 2.45) is 11.8 Å². The maximum Gasteiger partial charge on any atom is 0.161 e. The second kappa shape index (κ2) is 6.88. The van der Waals surface area contributed by atoms with E-state index < -0.39 is 6.10 Å². The summed E-state index contributed by atoms with van der Waals surface area (Å²) in [5.74, 6) is 2.96. The highest BCUT2D eigenvalue weighted by Gasteiger charge is 2.24. The van der Waals surface area contributed by atoms with Crippen LogP contribution < -0.4 is 9.47 Å². The molecule has 2 aliphatic heterocycles. The lowest BCUT2D eigenvalue weighted by Gasteiger charge is -2.36. The summed E-state index contributed by atoms with van der Waals surface area (Å²) in [6.45, 7) is 8.80. The molecule has 122 valence electrons. The van der Waals surface area contributed by atoms with Crippen LogP contribution in [0.25, 0.3) is 0 Å². The zero-order valence-corrected chi connectivity index (χ0v) is 13.6. The van der Waals surface area contributed by atoms with Crippen molar-refractivity contribution < 1.29 is 14.6 Å². The number of benzene rings is 1. The fraction of sp³-hybridized carbons (Fsp3) is 0.667. The molecule has 0 saturated carbocycles.